The molecule has 1 spiro atoms. The largest absolute Gasteiger partial charge is 0.430 e. The molecule has 24 atom stereocenters. The van der Waals surface area contributed by atoms with Gasteiger partial charge in [-0.25, -0.2) is 0 Å². The topological polar surface area (TPSA) is 234 Å². The predicted octanol–water partition coefficient (Wildman–Crippen LogP) is -0.0620. The van der Waals surface area contributed by atoms with Crippen molar-refractivity contribution in [2.24, 2.45) is 52.3 Å². The van der Waals surface area contributed by atoms with E-state index in [2.05, 4.69) is 13.8 Å². The Morgan fingerprint density at radius 2 is 1.46 bits per heavy atom. The van der Waals surface area contributed by atoms with Crippen molar-refractivity contribution in [2.75, 3.05) is 6.61 Å². The maximum absolute atomic E-state index is 12.7. The van der Waals surface area contributed by atoms with Gasteiger partial charge in [-0.1, -0.05) is 27.7 Å². The van der Waals surface area contributed by atoms with Crippen LogP contribution in [0.5, 0.6) is 0 Å². The van der Waals surface area contributed by atoms with E-state index in [1.165, 1.54) is 6.92 Å². The van der Waals surface area contributed by atoms with Crippen LogP contribution >= 0.6 is 0 Å². The van der Waals surface area contributed by atoms with E-state index in [1.807, 2.05) is 6.92 Å². The second kappa shape index (κ2) is 14.1. The summed E-state index contributed by atoms with van der Waals surface area (Å²) in [5.74, 6) is -1.63. The summed E-state index contributed by atoms with van der Waals surface area (Å²) in [6, 6.07) is 0. The van der Waals surface area contributed by atoms with Crippen molar-refractivity contribution in [1.29, 1.82) is 0 Å². The highest BCUT2D eigenvalue weighted by molar-refractivity contribution is 5.73. The van der Waals surface area contributed by atoms with Crippen molar-refractivity contribution in [1.82, 2.24) is 0 Å². The number of carbonyl (C=O) groups excluding carboxylic acids is 1. The van der Waals surface area contributed by atoms with Crippen LogP contribution in [0, 0.1) is 52.3 Å². The summed E-state index contributed by atoms with van der Waals surface area (Å²) < 4.78 is 36.5. The molecule has 4 saturated heterocycles. The number of rotatable bonds is 5. The van der Waals surface area contributed by atoms with E-state index >= 15 is 0 Å². The summed E-state index contributed by atoms with van der Waals surface area (Å²) in [6.07, 6.45) is -10.0. The van der Waals surface area contributed by atoms with Crippen LogP contribution in [0.3, 0.4) is 0 Å². The fourth-order valence-electron chi connectivity index (χ4n) is 13.2. The molecule has 0 aromatic carbocycles. The minimum Gasteiger partial charge on any atom is -0.430 e. The van der Waals surface area contributed by atoms with E-state index in [4.69, 9.17) is 28.4 Å². The zero-order valence-corrected chi connectivity index (χ0v) is 31.9. The molecule has 308 valence electrons. The van der Waals surface area contributed by atoms with Crippen molar-refractivity contribution < 1.29 is 74.1 Å². The molecule has 8 aliphatic rings. The van der Waals surface area contributed by atoms with E-state index < -0.39 is 98.0 Å². The van der Waals surface area contributed by atoms with Crippen molar-refractivity contribution in [3.8, 4) is 0 Å². The molecule has 4 heterocycles. The normalized spacial score (nSPS) is 59.9. The second-order valence-corrected chi connectivity index (χ2v) is 18.8. The van der Waals surface area contributed by atoms with E-state index in [1.54, 1.807) is 6.92 Å². The highest BCUT2D eigenvalue weighted by atomic mass is 16.8. The SMILES string of the molecule is C[C@H]1C[C@@H](O)[C@@]2(OC1=O)O[C@H]1[C@H](O)[C@@H]3[C@H]4CC[C@H]5C[C@@H](O[C@H]6O[C@H](CO)[C@@H](O)[C@H](O)[C@@H]6O[C@@H]6O[C@H](C)[C@H](O)[C@@H](O)[C@@H]6O)CC[C@]5(C)[C@H]4CC[C@]3(C)[C@H]1[C@@H]2C. The van der Waals surface area contributed by atoms with Gasteiger partial charge in [-0.05, 0) is 92.8 Å². The van der Waals surface area contributed by atoms with Crippen molar-refractivity contribution >= 4 is 5.97 Å². The van der Waals surface area contributed by atoms with Crippen LogP contribution < -0.4 is 0 Å². The number of hydrogen-bond donors (Lipinski definition) is 8. The first-order chi connectivity index (χ1) is 25.5. The average molecular weight is 771 g/mol. The lowest BCUT2D eigenvalue weighted by Crippen LogP contribution is -2.64. The quantitative estimate of drug-likeness (QED) is 0.135. The highest BCUT2D eigenvalue weighted by Gasteiger charge is 2.74. The number of hydrogen-bond acceptors (Lipinski definition) is 15. The third kappa shape index (κ3) is 5.81. The maximum Gasteiger partial charge on any atom is 0.311 e. The molecule has 4 aliphatic heterocycles. The van der Waals surface area contributed by atoms with Crippen molar-refractivity contribution in [2.45, 2.75) is 178 Å². The van der Waals surface area contributed by atoms with Gasteiger partial charge in [-0.2, -0.15) is 0 Å². The molecule has 15 nitrogen and oxygen atoms in total. The molecule has 4 saturated carbocycles. The van der Waals surface area contributed by atoms with Crippen LogP contribution in [0.25, 0.3) is 0 Å². The summed E-state index contributed by atoms with van der Waals surface area (Å²) in [5.41, 5.74) is -0.281. The summed E-state index contributed by atoms with van der Waals surface area (Å²) in [4.78, 5) is 12.7. The minimum absolute atomic E-state index is 0.00439. The fraction of sp³-hybridized carbons (Fsp3) is 0.974. The lowest BCUT2D eigenvalue weighted by Gasteiger charge is -2.61. The van der Waals surface area contributed by atoms with Crippen LogP contribution in [0.2, 0.25) is 0 Å². The Balaban J connectivity index is 0.963. The molecule has 8 N–H and O–H groups in total. The number of aliphatic hydroxyl groups excluding tert-OH is 8. The van der Waals surface area contributed by atoms with Gasteiger partial charge in [0.2, 0.25) is 5.79 Å². The number of aliphatic hydroxyl groups is 8. The summed E-state index contributed by atoms with van der Waals surface area (Å²) in [6.45, 7) is 9.34. The van der Waals surface area contributed by atoms with Crippen LogP contribution in [-0.2, 0) is 33.2 Å². The Morgan fingerprint density at radius 3 is 2.19 bits per heavy atom. The Morgan fingerprint density at radius 1 is 0.741 bits per heavy atom. The molecule has 4 aliphatic carbocycles. The van der Waals surface area contributed by atoms with E-state index in [0.29, 0.717) is 24.7 Å². The Bertz CT molecular complexity index is 1400. The molecular weight excluding hydrogens is 708 g/mol. The minimum atomic E-state index is -1.64. The molecule has 15 heteroatoms. The first-order valence-electron chi connectivity index (χ1n) is 20.4. The molecule has 54 heavy (non-hydrogen) atoms. The van der Waals surface area contributed by atoms with Crippen LogP contribution in [0.1, 0.15) is 86.0 Å². The van der Waals surface area contributed by atoms with Gasteiger partial charge in [0, 0.05) is 11.8 Å². The molecule has 0 aromatic rings. The lowest BCUT2D eigenvalue weighted by atomic mass is 9.44. The number of ether oxygens (including phenoxy) is 6. The summed E-state index contributed by atoms with van der Waals surface area (Å²) in [7, 11) is 0. The van der Waals surface area contributed by atoms with Gasteiger partial charge in [-0.15, -0.1) is 0 Å². The van der Waals surface area contributed by atoms with Gasteiger partial charge in [0.15, 0.2) is 12.6 Å². The molecule has 8 fully saturated rings. The first kappa shape index (κ1) is 39.8. The maximum atomic E-state index is 12.7. The Labute approximate surface area is 316 Å². The Hall–Kier alpha value is -1.05. The molecule has 0 amide bonds. The summed E-state index contributed by atoms with van der Waals surface area (Å²) in [5, 5.41) is 86.3. The number of esters is 1. The number of carbonyl (C=O) groups is 1. The summed E-state index contributed by atoms with van der Waals surface area (Å²) >= 11 is 0. The van der Waals surface area contributed by atoms with E-state index in [0.717, 1.165) is 32.1 Å². The zero-order chi connectivity index (χ0) is 38.8. The third-order valence-corrected chi connectivity index (χ3v) is 16.2. The van der Waals surface area contributed by atoms with Crippen LogP contribution in [-0.4, -0.2) is 145 Å². The van der Waals surface area contributed by atoms with E-state index in [9.17, 15) is 45.6 Å². The first-order valence-corrected chi connectivity index (χ1v) is 20.4. The highest BCUT2D eigenvalue weighted by Crippen LogP contribution is 2.71. The van der Waals surface area contributed by atoms with Gasteiger partial charge in [-0.3, -0.25) is 4.79 Å². The molecule has 0 bridgehead atoms. The van der Waals surface area contributed by atoms with Crippen molar-refractivity contribution in [3.63, 3.8) is 0 Å². The molecule has 8 rings (SSSR count). The third-order valence-electron chi connectivity index (χ3n) is 16.2. The molecule has 0 unspecified atom stereocenters. The van der Waals surface area contributed by atoms with Crippen molar-refractivity contribution in [3.05, 3.63) is 0 Å². The average Bonchev–Trinajstić information content (AvgIpc) is 3.55. The Kier molecular flexibility index (Phi) is 10.3. The molecule has 0 aromatic heterocycles. The van der Waals surface area contributed by atoms with Gasteiger partial charge in [0.05, 0.1) is 36.9 Å². The smallest absolute Gasteiger partial charge is 0.311 e. The molecule has 0 radical (unpaired) electrons. The monoisotopic (exact) mass is 770 g/mol. The van der Waals surface area contributed by atoms with Gasteiger partial charge >= 0.3 is 5.97 Å². The van der Waals surface area contributed by atoms with Gasteiger partial charge in [0.25, 0.3) is 0 Å². The van der Waals surface area contributed by atoms with Crippen LogP contribution in [0.15, 0.2) is 0 Å². The lowest BCUT2D eigenvalue weighted by molar-refractivity contribution is -0.371. The van der Waals surface area contributed by atoms with E-state index in [-0.39, 0.29) is 53.0 Å². The van der Waals surface area contributed by atoms with Gasteiger partial charge < -0.3 is 69.3 Å². The van der Waals surface area contributed by atoms with Gasteiger partial charge in [0.1, 0.15) is 48.8 Å². The standard InChI is InChI=1S/C39H62O15/c1-15-12-23(41)39(54-34(15)48)16(2)24-32(53-39)28(44)25-20-7-6-18-13-19(8-10-37(18,4)21(20)9-11-38(24,25)5)50-36-33(30(46)27(43)22(14-40)51-36)52-35-31(47)29(45)26(42)17(3)49-35/h15-33,35-36,40-47H,6-14H2,1-5H3/t15-,16-,17+,18-,19-,20-,21-,22+,23+,24-,25-,26-,27+,28+,29+,30-,31-,32+,33-,35-,36-,37-,38+,39+/m0/s1. The zero-order valence-electron chi connectivity index (χ0n) is 31.9. The molecular formula is C39H62O15. The number of fused-ring (bicyclic) bond motifs is 7. The predicted molar refractivity (Wildman–Crippen MR) is 184 cm³/mol. The second-order valence-electron chi connectivity index (χ2n) is 18.8. The fourth-order valence-corrected chi connectivity index (χ4v) is 13.2. The van der Waals surface area contributed by atoms with Crippen LogP contribution in [0.4, 0.5) is 0 Å².